The van der Waals surface area contributed by atoms with Crippen LogP contribution in [0.1, 0.15) is 39.5 Å². The third kappa shape index (κ3) is 1.75. The van der Waals surface area contributed by atoms with E-state index in [9.17, 15) is 0 Å². The van der Waals surface area contributed by atoms with Crippen LogP contribution in [0, 0.1) is 0 Å². The smallest absolute Gasteiger partial charge is 0.183 e. The van der Waals surface area contributed by atoms with Gasteiger partial charge in [0, 0.05) is 25.7 Å². The highest BCUT2D eigenvalue weighted by Crippen LogP contribution is 2.36. The van der Waals surface area contributed by atoms with Crippen molar-refractivity contribution < 1.29 is 9.22 Å². The van der Waals surface area contributed by atoms with Gasteiger partial charge in [0.15, 0.2) is 6.73 Å². The fourth-order valence-corrected chi connectivity index (χ4v) is 2.98. The molecule has 13 heavy (non-hydrogen) atoms. The topological polar surface area (TPSA) is 9.23 Å². The molecule has 76 valence electrons. The normalized spacial score (nSPS) is 38.5. The van der Waals surface area contributed by atoms with Crippen molar-refractivity contribution in [2.24, 2.45) is 0 Å². The molecule has 0 saturated carbocycles. The second kappa shape index (κ2) is 3.58. The SMILES string of the molecule is CC(C)OC[N+]12CCCC1CCC2. The zero-order chi connectivity index (χ0) is 9.31. The predicted octanol–water partition coefficient (Wildman–Crippen LogP) is 2.14. The standard InChI is InChI=1S/C11H22NO/c1-10(2)13-9-12-7-3-5-11(12)6-4-8-12/h10-11H,3-9H2,1-2H3/q+1. The molecule has 2 rings (SSSR count). The van der Waals surface area contributed by atoms with Crippen LogP contribution in [0.25, 0.3) is 0 Å². The van der Waals surface area contributed by atoms with Gasteiger partial charge in [-0.15, -0.1) is 0 Å². The number of hydrogen-bond donors (Lipinski definition) is 0. The summed E-state index contributed by atoms with van der Waals surface area (Å²) in [6.07, 6.45) is 6.13. The Morgan fingerprint density at radius 2 is 1.85 bits per heavy atom. The van der Waals surface area contributed by atoms with Crippen molar-refractivity contribution in [2.45, 2.75) is 51.7 Å². The van der Waals surface area contributed by atoms with Gasteiger partial charge in [0.05, 0.1) is 25.2 Å². The number of quaternary nitrogens is 1. The van der Waals surface area contributed by atoms with Crippen LogP contribution in [0.4, 0.5) is 0 Å². The van der Waals surface area contributed by atoms with Crippen LogP contribution in [0.2, 0.25) is 0 Å². The van der Waals surface area contributed by atoms with E-state index in [0.717, 1.165) is 12.8 Å². The van der Waals surface area contributed by atoms with Gasteiger partial charge in [0.25, 0.3) is 0 Å². The van der Waals surface area contributed by atoms with Gasteiger partial charge in [-0.3, -0.25) is 4.48 Å². The molecule has 2 aliphatic rings. The van der Waals surface area contributed by atoms with Gasteiger partial charge >= 0.3 is 0 Å². The number of nitrogens with zero attached hydrogens (tertiary/aromatic N) is 1. The van der Waals surface area contributed by atoms with E-state index in [0.29, 0.717) is 6.10 Å². The van der Waals surface area contributed by atoms with Crippen LogP contribution in [0.5, 0.6) is 0 Å². The average molecular weight is 184 g/mol. The van der Waals surface area contributed by atoms with E-state index in [1.165, 1.54) is 43.3 Å². The molecule has 0 aromatic carbocycles. The first-order valence-electron chi connectivity index (χ1n) is 5.70. The summed E-state index contributed by atoms with van der Waals surface area (Å²) in [5, 5.41) is 0. The molecule has 0 radical (unpaired) electrons. The van der Waals surface area contributed by atoms with E-state index in [2.05, 4.69) is 13.8 Å². The molecule has 0 N–H and O–H groups in total. The molecule has 0 aromatic heterocycles. The first kappa shape index (κ1) is 9.47. The highest BCUT2D eigenvalue weighted by molar-refractivity contribution is 4.73. The van der Waals surface area contributed by atoms with Crippen molar-refractivity contribution in [1.82, 2.24) is 0 Å². The minimum Gasteiger partial charge on any atom is -0.329 e. The van der Waals surface area contributed by atoms with Crippen molar-refractivity contribution in [3.05, 3.63) is 0 Å². The Balaban J connectivity index is 1.93. The third-order valence-electron chi connectivity index (χ3n) is 3.72. The average Bonchev–Trinajstić information content (AvgIpc) is 2.57. The van der Waals surface area contributed by atoms with Crippen LogP contribution in [0.3, 0.4) is 0 Å². The Hall–Kier alpha value is -0.0800. The van der Waals surface area contributed by atoms with Gasteiger partial charge in [-0.1, -0.05) is 0 Å². The minimum atomic E-state index is 0.398. The van der Waals surface area contributed by atoms with E-state index in [-0.39, 0.29) is 0 Å². The fourth-order valence-electron chi connectivity index (χ4n) is 2.98. The number of rotatable bonds is 3. The second-order valence-electron chi connectivity index (χ2n) is 4.95. The van der Waals surface area contributed by atoms with E-state index in [1.54, 1.807) is 0 Å². The lowest BCUT2D eigenvalue weighted by atomic mass is 10.2. The lowest BCUT2D eigenvalue weighted by Crippen LogP contribution is -2.49. The summed E-state index contributed by atoms with van der Waals surface area (Å²) < 4.78 is 7.09. The largest absolute Gasteiger partial charge is 0.329 e. The molecule has 2 aliphatic heterocycles. The zero-order valence-electron chi connectivity index (χ0n) is 8.96. The third-order valence-corrected chi connectivity index (χ3v) is 3.72. The van der Waals surface area contributed by atoms with E-state index in [4.69, 9.17) is 4.74 Å². The Bertz CT molecular complexity index is 169. The first-order valence-corrected chi connectivity index (χ1v) is 5.70. The number of hydrogen-bond acceptors (Lipinski definition) is 1. The van der Waals surface area contributed by atoms with Gasteiger partial charge in [-0.2, -0.15) is 0 Å². The molecule has 2 heteroatoms. The molecule has 2 fully saturated rings. The van der Waals surface area contributed by atoms with Crippen molar-refractivity contribution in [1.29, 1.82) is 0 Å². The summed E-state index contributed by atoms with van der Waals surface area (Å²) in [4.78, 5) is 0. The quantitative estimate of drug-likeness (QED) is 0.611. The molecule has 0 unspecified atom stereocenters. The summed E-state index contributed by atoms with van der Waals surface area (Å²) >= 11 is 0. The second-order valence-corrected chi connectivity index (χ2v) is 4.95. The molecule has 2 nitrogen and oxygen atoms in total. The molecule has 0 spiro atoms. The summed E-state index contributed by atoms with van der Waals surface area (Å²) in [6.45, 7) is 8.00. The van der Waals surface area contributed by atoms with Gasteiger partial charge in [-0.05, 0) is 13.8 Å². The zero-order valence-corrected chi connectivity index (χ0v) is 8.96. The van der Waals surface area contributed by atoms with Gasteiger partial charge in [-0.25, -0.2) is 0 Å². The molecular weight excluding hydrogens is 162 g/mol. The monoisotopic (exact) mass is 184 g/mol. The summed E-state index contributed by atoms with van der Waals surface area (Å²) in [7, 11) is 0. The van der Waals surface area contributed by atoms with Crippen molar-refractivity contribution in [3.8, 4) is 0 Å². The molecule has 0 bridgehead atoms. The highest BCUT2D eigenvalue weighted by atomic mass is 16.5. The molecule has 0 atom stereocenters. The molecule has 2 saturated heterocycles. The minimum absolute atomic E-state index is 0.398. The maximum Gasteiger partial charge on any atom is 0.183 e. The predicted molar refractivity (Wildman–Crippen MR) is 53.3 cm³/mol. The van der Waals surface area contributed by atoms with Crippen LogP contribution < -0.4 is 0 Å². The fraction of sp³-hybridized carbons (Fsp3) is 1.00. The van der Waals surface area contributed by atoms with Crippen molar-refractivity contribution >= 4 is 0 Å². The maximum absolute atomic E-state index is 5.80. The molecule has 0 aromatic rings. The Morgan fingerprint density at radius 3 is 2.38 bits per heavy atom. The van der Waals surface area contributed by atoms with Crippen LogP contribution in [-0.2, 0) is 4.74 Å². The number of fused-ring (bicyclic) bond motifs is 1. The Kier molecular flexibility index (Phi) is 2.61. The Labute approximate surface area is 81.5 Å². The Morgan fingerprint density at radius 1 is 1.23 bits per heavy atom. The van der Waals surface area contributed by atoms with E-state index in [1.807, 2.05) is 0 Å². The van der Waals surface area contributed by atoms with Gasteiger partial charge < -0.3 is 4.74 Å². The summed E-state index contributed by atoms with van der Waals surface area (Å²) in [5.41, 5.74) is 0. The lowest BCUT2D eigenvalue weighted by Gasteiger charge is -2.34. The molecule has 0 amide bonds. The van der Waals surface area contributed by atoms with Crippen LogP contribution in [-0.4, -0.2) is 36.4 Å². The maximum atomic E-state index is 5.80. The van der Waals surface area contributed by atoms with E-state index >= 15 is 0 Å². The summed E-state index contributed by atoms with van der Waals surface area (Å²) in [6, 6.07) is 0.943. The van der Waals surface area contributed by atoms with Crippen LogP contribution >= 0.6 is 0 Å². The van der Waals surface area contributed by atoms with Crippen LogP contribution in [0.15, 0.2) is 0 Å². The van der Waals surface area contributed by atoms with Gasteiger partial charge in [0.2, 0.25) is 0 Å². The van der Waals surface area contributed by atoms with Gasteiger partial charge in [0.1, 0.15) is 0 Å². The van der Waals surface area contributed by atoms with Crippen molar-refractivity contribution in [3.63, 3.8) is 0 Å². The number of ether oxygens (including phenoxy) is 1. The molecule has 2 heterocycles. The first-order chi connectivity index (χ1) is 6.23. The van der Waals surface area contributed by atoms with E-state index < -0.39 is 0 Å². The molecule has 0 aliphatic carbocycles. The van der Waals surface area contributed by atoms with Crippen molar-refractivity contribution in [2.75, 3.05) is 19.8 Å². The summed E-state index contributed by atoms with van der Waals surface area (Å²) in [5.74, 6) is 0. The highest BCUT2D eigenvalue weighted by Gasteiger charge is 2.45. The lowest BCUT2D eigenvalue weighted by molar-refractivity contribution is -0.945. The molecular formula is C11H22NO+.